The van der Waals surface area contributed by atoms with Crippen LogP contribution in [0.4, 0.5) is 0 Å². The molecule has 0 aromatic heterocycles. The highest BCUT2D eigenvalue weighted by Gasteiger charge is 2.11. The standard InChI is InChI=1S/C12H12BrClO/c1-2-3-4-5-12(15)10-8-9(13)6-7-11(10)14/h6-8,12,15H,4-5H2,1H3. The Morgan fingerprint density at radius 2 is 2.27 bits per heavy atom. The van der Waals surface area contributed by atoms with Crippen LogP contribution in [-0.4, -0.2) is 5.11 Å². The summed E-state index contributed by atoms with van der Waals surface area (Å²) in [6, 6.07) is 5.46. The van der Waals surface area contributed by atoms with Crippen LogP contribution in [-0.2, 0) is 0 Å². The third kappa shape index (κ3) is 3.87. The highest BCUT2D eigenvalue weighted by molar-refractivity contribution is 9.10. The molecule has 15 heavy (non-hydrogen) atoms. The molecule has 0 fully saturated rings. The van der Waals surface area contributed by atoms with Gasteiger partial charge in [-0.2, -0.15) is 0 Å². The summed E-state index contributed by atoms with van der Waals surface area (Å²) in [6.45, 7) is 1.79. The molecule has 0 aliphatic carbocycles. The SMILES string of the molecule is CC#CCCC(O)c1cc(Br)ccc1Cl. The van der Waals surface area contributed by atoms with E-state index in [1.54, 1.807) is 13.0 Å². The lowest BCUT2D eigenvalue weighted by Crippen LogP contribution is -1.97. The zero-order chi connectivity index (χ0) is 11.3. The lowest BCUT2D eigenvalue weighted by atomic mass is 10.1. The van der Waals surface area contributed by atoms with Crippen LogP contribution < -0.4 is 0 Å². The van der Waals surface area contributed by atoms with Crippen molar-refractivity contribution in [3.05, 3.63) is 33.3 Å². The smallest absolute Gasteiger partial charge is 0.0813 e. The fraction of sp³-hybridized carbons (Fsp3) is 0.333. The minimum absolute atomic E-state index is 0.546. The lowest BCUT2D eigenvalue weighted by molar-refractivity contribution is 0.169. The molecular formula is C12H12BrClO. The van der Waals surface area contributed by atoms with Gasteiger partial charge in [-0.1, -0.05) is 27.5 Å². The van der Waals surface area contributed by atoms with E-state index in [9.17, 15) is 5.11 Å². The highest BCUT2D eigenvalue weighted by Crippen LogP contribution is 2.28. The number of benzene rings is 1. The summed E-state index contributed by atoms with van der Waals surface area (Å²) in [5, 5.41) is 10.5. The molecule has 0 saturated heterocycles. The number of hydrogen-bond acceptors (Lipinski definition) is 1. The van der Waals surface area contributed by atoms with E-state index >= 15 is 0 Å². The molecule has 1 aromatic carbocycles. The van der Waals surface area contributed by atoms with Crippen LogP contribution in [0.1, 0.15) is 31.4 Å². The molecule has 0 spiro atoms. The maximum absolute atomic E-state index is 9.88. The van der Waals surface area contributed by atoms with Crippen LogP contribution in [0, 0.1) is 11.8 Å². The second-order valence-electron chi connectivity index (χ2n) is 3.15. The Balaban J connectivity index is 2.74. The zero-order valence-electron chi connectivity index (χ0n) is 8.43. The van der Waals surface area contributed by atoms with Gasteiger partial charge in [0.1, 0.15) is 0 Å². The van der Waals surface area contributed by atoms with Crippen LogP contribution >= 0.6 is 27.5 Å². The van der Waals surface area contributed by atoms with Crippen LogP contribution in [0.2, 0.25) is 5.02 Å². The van der Waals surface area contributed by atoms with Crippen LogP contribution in [0.3, 0.4) is 0 Å². The molecule has 1 nitrogen and oxygen atoms in total. The molecular weight excluding hydrogens is 275 g/mol. The first-order chi connectivity index (χ1) is 7.15. The van der Waals surface area contributed by atoms with Gasteiger partial charge in [0.05, 0.1) is 6.10 Å². The molecule has 0 radical (unpaired) electrons. The number of halogens is 2. The Morgan fingerprint density at radius 1 is 1.53 bits per heavy atom. The minimum Gasteiger partial charge on any atom is -0.388 e. The fourth-order valence-corrected chi connectivity index (χ4v) is 1.88. The summed E-state index contributed by atoms with van der Waals surface area (Å²) >= 11 is 9.34. The average molecular weight is 288 g/mol. The number of hydrogen-bond donors (Lipinski definition) is 1. The summed E-state index contributed by atoms with van der Waals surface area (Å²) in [7, 11) is 0. The van der Waals surface area contributed by atoms with Crippen molar-refractivity contribution in [2.24, 2.45) is 0 Å². The summed E-state index contributed by atoms with van der Waals surface area (Å²) in [5.74, 6) is 5.72. The third-order valence-electron chi connectivity index (χ3n) is 2.04. The Kier molecular flexibility index (Phi) is 5.17. The van der Waals surface area contributed by atoms with E-state index in [0.717, 1.165) is 10.0 Å². The molecule has 0 heterocycles. The quantitative estimate of drug-likeness (QED) is 0.835. The maximum Gasteiger partial charge on any atom is 0.0813 e. The molecule has 1 aromatic rings. The van der Waals surface area contributed by atoms with E-state index in [2.05, 4.69) is 27.8 Å². The van der Waals surface area contributed by atoms with Gasteiger partial charge in [-0.15, -0.1) is 11.8 Å². The molecule has 1 rings (SSSR count). The van der Waals surface area contributed by atoms with Gasteiger partial charge in [-0.3, -0.25) is 0 Å². The van der Waals surface area contributed by atoms with Crippen LogP contribution in [0.5, 0.6) is 0 Å². The van der Waals surface area contributed by atoms with Gasteiger partial charge >= 0.3 is 0 Å². The molecule has 0 aliphatic rings. The van der Waals surface area contributed by atoms with Crippen LogP contribution in [0.25, 0.3) is 0 Å². The molecule has 0 saturated carbocycles. The average Bonchev–Trinajstić information content (AvgIpc) is 2.22. The molecule has 0 amide bonds. The Bertz CT molecular complexity index is 392. The summed E-state index contributed by atoms with van der Waals surface area (Å²) in [6.07, 6.45) is 0.744. The minimum atomic E-state index is -0.546. The predicted octanol–water partition coefficient (Wildman–Crippen LogP) is 3.94. The summed E-state index contributed by atoms with van der Waals surface area (Å²) < 4.78 is 0.919. The van der Waals surface area contributed by atoms with Crippen molar-refractivity contribution in [2.75, 3.05) is 0 Å². The summed E-state index contributed by atoms with van der Waals surface area (Å²) in [4.78, 5) is 0. The third-order valence-corrected chi connectivity index (χ3v) is 2.87. The lowest BCUT2D eigenvalue weighted by Gasteiger charge is -2.11. The van der Waals surface area contributed by atoms with E-state index in [-0.39, 0.29) is 0 Å². The molecule has 1 atom stereocenters. The van der Waals surface area contributed by atoms with Gasteiger partial charge in [0.15, 0.2) is 0 Å². The normalized spacial score (nSPS) is 11.7. The van der Waals surface area contributed by atoms with E-state index in [1.165, 1.54) is 0 Å². The molecule has 80 valence electrons. The van der Waals surface area contributed by atoms with E-state index in [0.29, 0.717) is 17.9 Å². The van der Waals surface area contributed by atoms with Crippen molar-refractivity contribution in [2.45, 2.75) is 25.9 Å². The molecule has 0 bridgehead atoms. The molecule has 1 N–H and O–H groups in total. The predicted molar refractivity (Wildman–Crippen MR) is 66.8 cm³/mol. The Labute approximate surface area is 104 Å². The van der Waals surface area contributed by atoms with E-state index in [4.69, 9.17) is 11.6 Å². The van der Waals surface area contributed by atoms with Crippen molar-refractivity contribution < 1.29 is 5.11 Å². The number of rotatable bonds is 3. The zero-order valence-corrected chi connectivity index (χ0v) is 10.8. The van der Waals surface area contributed by atoms with Gasteiger partial charge in [-0.25, -0.2) is 0 Å². The van der Waals surface area contributed by atoms with Crippen molar-refractivity contribution >= 4 is 27.5 Å². The van der Waals surface area contributed by atoms with E-state index < -0.39 is 6.10 Å². The fourth-order valence-electron chi connectivity index (χ4n) is 1.26. The molecule has 1 unspecified atom stereocenters. The van der Waals surface area contributed by atoms with Crippen molar-refractivity contribution in [1.29, 1.82) is 0 Å². The van der Waals surface area contributed by atoms with Gasteiger partial charge in [-0.05, 0) is 31.5 Å². The topological polar surface area (TPSA) is 20.2 Å². The van der Waals surface area contributed by atoms with Gasteiger partial charge in [0, 0.05) is 21.5 Å². The molecule has 3 heteroatoms. The van der Waals surface area contributed by atoms with Gasteiger partial charge in [0.25, 0.3) is 0 Å². The Hall–Kier alpha value is -0.490. The van der Waals surface area contributed by atoms with Crippen molar-refractivity contribution in [3.63, 3.8) is 0 Å². The largest absolute Gasteiger partial charge is 0.388 e. The van der Waals surface area contributed by atoms with Crippen molar-refractivity contribution in [1.82, 2.24) is 0 Å². The summed E-state index contributed by atoms with van der Waals surface area (Å²) in [5.41, 5.74) is 0.754. The second kappa shape index (κ2) is 6.17. The second-order valence-corrected chi connectivity index (χ2v) is 4.47. The van der Waals surface area contributed by atoms with Gasteiger partial charge in [0.2, 0.25) is 0 Å². The van der Waals surface area contributed by atoms with E-state index in [1.807, 2.05) is 12.1 Å². The highest BCUT2D eigenvalue weighted by atomic mass is 79.9. The van der Waals surface area contributed by atoms with Gasteiger partial charge < -0.3 is 5.11 Å². The molecule has 0 aliphatic heterocycles. The number of aliphatic hydroxyl groups excluding tert-OH is 1. The Morgan fingerprint density at radius 3 is 2.93 bits per heavy atom. The first kappa shape index (κ1) is 12.6. The first-order valence-corrected chi connectivity index (χ1v) is 5.85. The van der Waals surface area contributed by atoms with Crippen LogP contribution in [0.15, 0.2) is 22.7 Å². The number of aliphatic hydroxyl groups is 1. The maximum atomic E-state index is 9.88. The first-order valence-electron chi connectivity index (χ1n) is 4.67. The monoisotopic (exact) mass is 286 g/mol. The van der Waals surface area contributed by atoms with Crippen molar-refractivity contribution in [3.8, 4) is 11.8 Å².